The Morgan fingerprint density at radius 2 is 2.28 bits per heavy atom. The third-order valence-electron chi connectivity index (χ3n) is 3.10. The number of nitrogens with two attached hydrogens (primary N) is 1. The summed E-state index contributed by atoms with van der Waals surface area (Å²) >= 11 is 0. The number of carbonyl (C=O) groups is 2. The third-order valence-corrected chi connectivity index (χ3v) is 3.10. The molecule has 1 aliphatic rings. The van der Waals surface area contributed by atoms with E-state index in [1.807, 2.05) is 6.92 Å². The van der Waals surface area contributed by atoms with Crippen molar-refractivity contribution < 1.29 is 14.3 Å². The second kappa shape index (κ2) is 7.20. The molecule has 6 nitrogen and oxygen atoms in total. The second-order valence-electron chi connectivity index (χ2n) is 4.83. The summed E-state index contributed by atoms with van der Waals surface area (Å²) in [6.07, 6.45) is 2.57. The Bertz CT molecular complexity index is 294. The highest BCUT2D eigenvalue weighted by molar-refractivity contribution is 5.76. The van der Waals surface area contributed by atoms with Gasteiger partial charge >= 0.3 is 6.09 Å². The zero-order valence-corrected chi connectivity index (χ0v) is 11.1. The van der Waals surface area contributed by atoms with Crippen LogP contribution in [-0.2, 0) is 9.53 Å². The van der Waals surface area contributed by atoms with Crippen molar-refractivity contribution in [3.05, 3.63) is 0 Å². The van der Waals surface area contributed by atoms with E-state index in [9.17, 15) is 9.59 Å². The van der Waals surface area contributed by atoms with Gasteiger partial charge in [0.25, 0.3) is 0 Å². The molecule has 0 aromatic rings. The Hall–Kier alpha value is -1.30. The fraction of sp³-hybridized carbons (Fsp3) is 0.833. The van der Waals surface area contributed by atoms with Crippen LogP contribution >= 0.6 is 0 Å². The molecule has 2 atom stereocenters. The summed E-state index contributed by atoms with van der Waals surface area (Å²) in [6.45, 7) is 3.22. The van der Waals surface area contributed by atoms with E-state index in [4.69, 9.17) is 5.73 Å². The molecule has 3 N–H and O–H groups in total. The largest absolute Gasteiger partial charge is 0.453 e. The smallest absolute Gasteiger partial charge is 0.407 e. The van der Waals surface area contributed by atoms with Gasteiger partial charge in [-0.05, 0) is 26.2 Å². The number of nitrogens with zero attached hydrogens (tertiary/aromatic N) is 1. The standard InChI is InChI=1S/C12H23N3O3/c1-9(13)4-3-5-11(16)15-7-6-10(8-15)14-12(17)18-2/h9-10H,3-8,13H2,1-2H3,(H,14,17). The van der Waals surface area contributed by atoms with Crippen LogP contribution in [0.15, 0.2) is 0 Å². The predicted octanol–water partition coefficient (Wildman–Crippen LogP) is 0.461. The predicted molar refractivity (Wildman–Crippen MR) is 68.0 cm³/mol. The summed E-state index contributed by atoms with van der Waals surface area (Å²) in [5.74, 6) is 0.143. The molecule has 0 aromatic heterocycles. The molecule has 2 unspecified atom stereocenters. The number of amides is 2. The highest BCUT2D eigenvalue weighted by Gasteiger charge is 2.26. The van der Waals surface area contributed by atoms with Crippen LogP contribution in [0, 0.1) is 0 Å². The first kappa shape index (κ1) is 14.8. The molecule has 1 fully saturated rings. The summed E-state index contributed by atoms with van der Waals surface area (Å²) < 4.78 is 4.53. The van der Waals surface area contributed by atoms with Crippen molar-refractivity contribution in [1.29, 1.82) is 0 Å². The monoisotopic (exact) mass is 257 g/mol. The molecule has 1 rings (SSSR count). The number of hydrogen-bond acceptors (Lipinski definition) is 4. The van der Waals surface area contributed by atoms with Crippen molar-refractivity contribution in [1.82, 2.24) is 10.2 Å². The Morgan fingerprint density at radius 1 is 1.56 bits per heavy atom. The van der Waals surface area contributed by atoms with Gasteiger partial charge in [0, 0.05) is 25.6 Å². The minimum Gasteiger partial charge on any atom is -0.453 e. The number of likely N-dealkylation sites (tertiary alicyclic amines) is 1. The van der Waals surface area contributed by atoms with E-state index in [1.165, 1.54) is 7.11 Å². The quantitative estimate of drug-likeness (QED) is 0.749. The second-order valence-corrected chi connectivity index (χ2v) is 4.83. The number of carbonyl (C=O) groups excluding carboxylic acids is 2. The normalized spacial score (nSPS) is 20.6. The van der Waals surface area contributed by atoms with Gasteiger partial charge in [-0.1, -0.05) is 0 Å². The van der Waals surface area contributed by atoms with Gasteiger partial charge in [-0.3, -0.25) is 4.79 Å². The van der Waals surface area contributed by atoms with Gasteiger partial charge in [0.1, 0.15) is 0 Å². The molecule has 0 aromatic carbocycles. The lowest BCUT2D eigenvalue weighted by Gasteiger charge is -2.17. The number of hydrogen-bond donors (Lipinski definition) is 2. The van der Waals surface area contributed by atoms with Gasteiger partial charge in [0.15, 0.2) is 0 Å². The van der Waals surface area contributed by atoms with Crippen LogP contribution in [0.1, 0.15) is 32.6 Å². The van der Waals surface area contributed by atoms with Crippen molar-refractivity contribution in [2.45, 2.75) is 44.7 Å². The van der Waals surface area contributed by atoms with Crippen LogP contribution < -0.4 is 11.1 Å². The molecule has 6 heteroatoms. The van der Waals surface area contributed by atoms with Crippen LogP contribution in [0.25, 0.3) is 0 Å². The highest BCUT2D eigenvalue weighted by atomic mass is 16.5. The summed E-state index contributed by atoms with van der Waals surface area (Å²) in [5, 5.41) is 2.71. The lowest BCUT2D eigenvalue weighted by Crippen LogP contribution is -2.38. The zero-order chi connectivity index (χ0) is 13.5. The lowest BCUT2D eigenvalue weighted by atomic mass is 10.1. The maximum absolute atomic E-state index is 11.9. The van der Waals surface area contributed by atoms with Crippen molar-refractivity contribution in [3.8, 4) is 0 Å². The first-order valence-electron chi connectivity index (χ1n) is 6.40. The van der Waals surface area contributed by atoms with E-state index < -0.39 is 6.09 Å². The minimum absolute atomic E-state index is 0.00910. The molecule has 0 radical (unpaired) electrons. The summed E-state index contributed by atoms with van der Waals surface area (Å²) in [6, 6.07) is 0.153. The summed E-state index contributed by atoms with van der Waals surface area (Å²) in [7, 11) is 1.33. The van der Waals surface area contributed by atoms with E-state index in [-0.39, 0.29) is 18.0 Å². The Labute approximate surface area is 108 Å². The molecular weight excluding hydrogens is 234 g/mol. The van der Waals surface area contributed by atoms with Crippen molar-refractivity contribution in [2.24, 2.45) is 5.73 Å². The van der Waals surface area contributed by atoms with E-state index in [1.54, 1.807) is 4.90 Å². The van der Waals surface area contributed by atoms with Gasteiger partial charge < -0.3 is 20.7 Å². The Morgan fingerprint density at radius 3 is 2.89 bits per heavy atom. The summed E-state index contributed by atoms with van der Waals surface area (Å²) in [5.41, 5.74) is 5.64. The fourth-order valence-corrected chi connectivity index (χ4v) is 2.06. The van der Waals surface area contributed by atoms with E-state index >= 15 is 0 Å². The number of alkyl carbamates (subject to hydrolysis) is 1. The average Bonchev–Trinajstić information content (AvgIpc) is 2.76. The number of nitrogens with one attached hydrogen (secondary N) is 1. The third kappa shape index (κ3) is 4.91. The van der Waals surface area contributed by atoms with Gasteiger partial charge in [0.05, 0.1) is 13.2 Å². The average molecular weight is 257 g/mol. The molecule has 0 saturated carbocycles. The SMILES string of the molecule is COC(=O)NC1CCN(C(=O)CCCC(C)N)C1. The molecule has 1 saturated heterocycles. The maximum Gasteiger partial charge on any atom is 0.407 e. The van der Waals surface area contributed by atoms with Gasteiger partial charge in [-0.15, -0.1) is 0 Å². The molecule has 1 heterocycles. The summed E-state index contributed by atoms with van der Waals surface area (Å²) in [4.78, 5) is 24.7. The molecule has 1 aliphatic heterocycles. The van der Waals surface area contributed by atoms with E-state index in [2.05, 4.69) is 10.1 Å². The van der Waals surface area contributed by atoms with E-state index in [0.717, 1.165) is 19.3 Å². The molecule has 2 amide bonds. The topological polar surface area (TPSA) is 84.7 Å². The molecule has 0 aliphatic carbocycles. The van der Waals surface area contributed by atoms with Gasteiger partial charge in [-0.25, -0.2) is 4.79 Å². The molecule has 104 valence electrons. The fourth-order valence-electron chi connectivity index (χ4n) is 2.06. The first-order chi connectivity index (χ1) is 8.52. The zero-order valence-electron chi connectivity index (χ0n) is 11.1. The molecule has 0 bridgehead atoms. The van der Waals surface area contributed by atoms with Gasteiger partial charge in [0.2, 0.25) is 5.91 Å². The van der Waals surface area contributed by atoms with Crippen LogP contribution in [0.5, 0.6) is 0 Å². The van der Waals surface area contributed by atoms with Crippen molar-refractivity contribution in [3.63, 3.8) is 0 Å². The minimum atomic E-state index is -0.439. The maximum atomic E-state index is 11.9. The number of rotatable bonds is 5. The molecule has 18 heavy (non-hydrogen) atoms. The van der Waals surface area contributed by atoms with Gasteiger partial charge in [-0.2, -0.15) is 0 Å². The van der Waals surface area contributed by atoms with Crippen LogP contribution in [-0.4, -0.2) is 49.2 Å². The van der Waals surface area contributed by atoms with E-state index in [0.29, 0.717) is 19.5 Å². The number of methoxy groups -OCH3 is 1. The van der Waals surface area contributed by atoms with Crippen molar-refractivity contribution >= 4 is 12.0 Å². The van der Waals surface area contributed by atoms with Crippen LogP contribution in [0.3, 0.4) is 0 Å². The Kier molecular flexibility index (Phi) is 5.91. The first-order valence-corrected chi connectivity index (χ1v) is 6.40. The van der Waals surface area contributed by atoms with Crippen molar-refractivity contribution in [2.75, 3.05) is 20.2 Å². The highest BCUT2D eigenvalue weighted by Crippen LogP contribution is 2.12. The molecule has 0 spiro atoms. The van der Waals surface area contributed by atoms with Crippen LogP contribution in [0.2, 0.25) is 0 Å². The number of ether oxygens (including phenoxy) is 1. The lowest BCUT2D eigenvalue weighted by molar-refractivity contribution is -0.130. The van der Waals surface area contributed by atoms with Crippen LogP contribution in [0.4, 0.5) is 4.79 Å². The molecular formula is C12H23N3O3. The Balaban J connectivity index is 2.24.